The summed E-state index contributed by atoms with van der Waals surface area (Å²) in [6.07, 6.45) is -6.37. The van der Waals surface area contributed by atoms with Gasteiger partial charge in [-0.1, -0.05) is 18.2 Å². The van der Waals surface area contributed by atoms with Crippen LogP contribution in [0.15, 0.2) is 24.3 Å². The van der Waals surface area contributed by atoms with Crippen LogP contribution in [-0.4, -0.2) is 18.2 Å². The molecule has 1 aromatic rings. The highest BCUT2D eigenvalue weighted by atomic mass is 19.4. The molecule has 0 unspecified atom stereocenters. The van der Waals surface area contributed by atoms with E-state index in [0.29, 0.717) is 11.1 Å². The van der Waals surface area contributed by atoms with Crippen molar-refractivity contribution in [1.82, 2.24) is 0 Å². The van der Waals surface area contributed by atoms with Crippen LogP contribution in [0, 0.1) is 0 Å². The van der Waals surface area contributed by atoms with Crippen LogP contribution in [0.3, 0.4) is 0 Å². The van der Waals surface area contributed by atoms with Crippen LogP contribution in [0.1, 0.15) is 22.3 Å². The molecule has 0 bridgehead atoms. The lowest BCUT2D eigenvalue weighted by Gasteiger charge is -2.25. The van der Waals surface area contributed by atoms with Gasteiger partial charge in [0.2, 0.25) is 0 Å². The van der Waals surface area contributed by atoms with Crippen molar-refractivity contribution in [3.63, 3.8) is 0 Å². The van der Waals surface area contributed by atoms with Crippen LogP contribution >= 0.6 is 0 Å². The largest absolute Gasteiger partial charge is 0.458 e. The third-order valence-corrected chi connectivity index (χ3v) is 2.42. The molecule has 1 aliphatic rings. The second-order valence-corrected chi connectivity index (χ2v) is 3.71. The van der Waals surface area contributed by atoms with Crippen LogP contribution in [0.5, 0.6) is 0 Å². The second-order valence-electron chi connectivity index (χ2n) is 3.71. The smallest absolute Gasteiger partial charge is 0.392 e. The van der Waals surface area contributed by atoms with Gasteiger partial charge in [0.25, 0.3) is 0 Å². The number of rotatable bonds is 1. The van der Waals surface area contributed by atoms with Crippen LogP contribution in [0.2, 0.25) is 0 Å². The van der Waals surface area contributed by atoms with Gasteiger partial charge in [0.1, 0.15) is 6.10 Å². The van der Waals surface area contributed by atoms with Gasteiger partial charge < -0.3 is 4.74 Å². The van der Waals surface area contributed by atoms with Crippen molar-refractivity contribution >= 4 is 5.97 Å². The summed E-state index contributed by atoms with van der Waals surface area (Å²) in [6, 6.07) is 6.56. The maximum absolute atomic E-state index is 12.2. The molecule has 1 aromatic carbocycles. The highest BCUT2D eigenvalue weighted by Crippen LogP contribution is 2.29. The molecule has 5 heteroatoms. The summed E-state index contributed by atoms with van der Waals surface area (Å²) in [5.74, 6) is -0.670. The summed E-state index contributed by atoms with van der Waals surface area (Å²) in [6.45, 7) is 0. The Labute approximate surface area is 90.0 Å². The molecule has 0 aromatic heterocycles. The molecule has 0 aliphatic carbocycles. The average molecular weight is 230 g/mol. The number of ether oxygens (including phenoxy) is 1. The lowest BCUT2D eigenvalue weighted by atomic mass is 9.97. The minimum atomic E-state index is -4.31. The van der Waals surface area contributed by atoms with Crippen molar-refractivity contribution in [2.75, 3.05) is 0 Å². The van der Waals surface area contributed by atoms with E-state index in [9.17, 15) is 18.0 Å². The molecule has 16 heavy (non-hydrogen) atoms. The highest BCUT2D eigenvalue weighted by Gasteiger charge is 2.36. The SMILES string of the molecule is O=C1O[C@H](CC(F)(F)F)Cc2ccccc21. The molecule has 0 fully saturated rings. The minimum Gasteiger partial charge on any atom is -0.458 e. The summed E-state index contributed by atoms with van der Waals surface area (Å²) in [5.41, 5.74) is 0.980. The summed E-state index contributed by atoms with van der Waals surface area (Å²) in [5, 5.41) is 0. The molecule has 2 nitrogen and oxygen atoms in total. The van der Waals surface area contributed by atoms with Crippen LogP contribution in [0.4, 0.5) is 13.2 Å². The number of fused-ring (bicyclic) bond motifs is 1. The Morgan fingerprint density at radius 1 is 1.31 bits per heavy atom. The van der Waals surface area contributed by atoms with Crippen molar-refractivity contribution in [2.45, 2.75) is 25.1 Å². The van der Waals surface area contributed by atoms with E-state index in [4.69, 9.17) is 4.74 Å². The zero-order chi connectivity index (χ0) is 11.8. The fraction of sp³-hybridized carbons (Fsp3) is 0.364. The molecule has 2 rings (SSSR count). The first kappa shape index (κ1) is 11.0. The van der Waals surface area contributed by atoms with Gasteiger partial charge in [0, 0.05) is 6.42 Å². The molecule has 86 valence electrons. The van der Waals surface area contributed by atoms with Crippen molar-refractivity contribution < 1.29 is 22.7 Å². The van der Waals surface area contributed by atoms with E-state index in [-0.39, 0.29) is 6.42 Å². The number of cyclic esters (lactones) is 1. The Kier molecular flexibility index (Phi) is 2.61. The zero-order valence-electron chi connectivity index (χ0n) is 8.25. The first-order chi connectivity index (χ1) is 7.46. The van der Waals surface area contributed by atoms with E-state index >= 15 is 0 Å². The van der Waals surface area contributed by atoms with Gasteiger partial charge in [-0.05, 0) is 11.6 Å². The molecule has 0 radical (unpaired) electrons. The van der Waals surface area contributed by atoms with Gasteiger partial charge in [-0.15, -0.1) is 0 Å². The maximum Gasteiger partial charge on any atom is 0.392 e. The van der Waals surface area contributed by atoms with E-state index < -0.39 is 24.7 Å². The van der Waals surface area contributed by atoms with Crippen LogP contribution in [0.25, 0.3) is 0 Å². The fourth-order valence-corrected chi connectivity index (χ4v) is 1.77. The summed E-state index contributed by atoms with van der Waals surface area (Å²) < 4.78 is 41.2. The molecule has 0 saturated heterocycles. The molecular weight excluding hydrogens is 221 g/mol. The summed E-state index contributed by atoms with van der Waals surface area (Å²) in [4.78, 5) is 11.4. The quantitative estimate of drug-likeness (QED) is 0.693. The first-order valence-corrected chi connectivity index (χ1v) is 4.81. The van der Waals surface area contributed by atoms with Gasteiger partial charge in [-0.2, -0.15) is 13.2 Å². The monoisotopic (exact) mass is 230 g/mol. The number of halogens is 3. The van der Waals surface area contributed by atoms with Crippen molar-refractivity contribution in [3.8, 4) is 0 Å². The van der Waals surface area contributed by atoms with Crippen molar-refractivity contribution in [1.29, 1.82) is 0 Å². The summed E-state index contributed by atoms with van der Waals surface area (Å²) >= 11 is 0. The lowest BCUT2D eigenvalue weighted by molar-refractivity contribution is -0.154. The molecule has 1 aliphatic heterocycles. The zero-order valence-corrected chi connectivity index (χ0v) is 8.25. The Morgan fingerprint density at radius 3 is 2.69 bits per heavy atom. The molecule has 0 spiro atoms. The Balaban J connectivity index is 2.18. The normalized spacial score (nSPS) is 20.2. The van der Waals surface area contributed by atoms with E-state index in [2.05, 4.69) is 0 Å². The Morgan fingerprint density at radius 2 is 2.00 bits per heavy atom. The highest BCUT2D eigenvalue weighted by molar-refractivity contribution is 5.92. The maximum atomic E-state index is 12.2. The number of benzene rings is 1. The third-order valence-electron chi connectivity index (χ3n) is 2.42. The first-order valence-electron chi connectivity index (χ1n) is 4.81. The number of esters is 1. The van der Waals surface area contributed by atoms with Gasteiger partial charge in [-0.25, -0.2) is 4.79 Å². The van der Waals surface area contributed by atoms with E-state index in [1.807, 2.05) is 0 Å². The predicted molar refractivity (Wildman–Crippen MR) is 50.0 cm³/mol. The van der Waals surface area contributed by atoms with Crippen LogP contribution in [-0.2, 0) is 11.2 Å². The lowest BCUT2D eigenvalue weighted by Crippen LogP contribution is -2.31. The minimum absolute atomic E-state index is 0.126. The second kappa shape index (κ2) is 3.81. The number of hydrogen-bond donors (Lipinski definition) is 0. The predicted octanol–water partition coefficient (Wildman–Crippen LogP) is 2.72. The van der Waals surface area contributed by atoms with E-state index in [0.717, 1.165) is 0 Å². The number of hydrogen-bond acceptors (Lipinski definition) is 2. The van der Waals surface area contributed by atoms with Gasteiger partial charge in [-0.3, -0.25) is 0 Å². The summed E-state index contributed by atoms with van der Waals surface area (Å²) in [7, 11) is 0. The molecule has 0 amide bonds. The van der Waals surface area contributed by atoms with E-state index in [1.54, 1.807) is 24.3 Å². The van der Waals surface area contributed by atoms with Gasteiger partial charge in [0.15, 0.2) is 0 Å². The van der Waals surface area contributed by atoms with Gasteiger partial charge in [0.05, 0.1) is 12.0 Å². The number of alkyl halides is 3. The number of carbonyl (C=O) groups is 1. The molecular formula is C11H9F3O2. The van der Waals surface area contributed by atoms with Gasteiger partial charge >= 0.3 is 12.1 Å². The Hall–Kier alpha value is -1.52. The van der Waals surface area contributed by atoms with Crippen LogP contribution < -0.4 is 0 Å². The average Bonchev–Trinajstić information content (AvgIpc) is 2.15. The molecule has 1 heterocycles. The Bertz CT molecular complexity index is 412. The standard InChI is InChI=1S/C11H9F3O2/c12-11(13,14)6-8-5-7-3-1-2-4-9(7)10(15)16-8/h1-4,8H,5-6H2/t8-/m0/s1. The fourth-order valence-electron chi connectivity index (χ4n) is 1.77. The molecule has 1 atom stereocenters. The topological polar surface area (TPSA) is 26.3 Å². The van der Waals surface area contributed by atoms with Crippen molar-refractivity contribution in [3.05, 3.63) is 35.4 Å². The number of carbonyl (C=O) groups excluding carboxylic acids is 1. The molecule has 0 N–H and O–H groups in total. The van der Waals surface area contributed by atoms with Crippen molar-refractivity contribution in [2.24, 2.45) is 0 Å². The van der Waals surface area contributed by atoms with E-state index in [1.165, 1.54) is 0 Å². The third kappa shape index (κ3) is 2.35. The molecule has 0 saturated carbocycles.